The van der Waals surface area contributed by atoms with Gasteiger partial charge in [-0.2, -0.15) is 0 Å². The van der Waals surface area contributed by atoms with Gasteiger partial charge in [0.25, 0.3) is 17.5 Å². The molecule has 4 amide bonds. The lowest BCUT2D eigenvalue weighted by Gasteiger charge is -2.28. The standard InChI is InChI=1S/C18H14N4O6/c1-20-16(23)14(17(24)21(2)18(20)25)9-11-3-6-13(7-4-11)28-15-8-5-12(10-19-15)22(26)27/h3-10H,1-2H3. The van der Waals surface area contributed by atoms with Gasteiger partial charge in [0, 0.05) is 26.2 Å². The monoisotopic (exact) mass is 382 g/mol. The van der Waals surface area contributed by atoms with E-state index in [1.165, 1.54) is 32.3 Å². The van der Waals surface area contributed by atoms with Crippen LogP contribution in [0, 0.1) is 10.1 Å². The Morgan fingerprint density at radius 3 is 2.11 bits per heavy atom. The molecule has 0 atom stereocenters. The van der Waals surface area contributed by atoms with Gasteiger partial charge >= 0.3 is 6.03 Å². The van der Waals surface area contributed by atoms with Crippen LogP contribution in [0.2, 0.25) is 0 Å². The molecule has 0 N–H and O–H groups in total. The number of pyridine rings is 1. The van der Waals surface area contributed by atoms with Crippen LogP contribution in [0.15, 0.2) is 48.2 Å². The van der Waals surface area contributed by atoms with Gasteiger partial charge < -0.3 is 4.74 Å². The molecule has 1 saturated heterocycles. The van der Waals surface area contributed by atoms with E-state index in [1.807, 2.05) is 0 Å². The van der Waals surface area contributed by atoms with Crippen LogP contribution >= 0.6 is 0 Å². The zero-order chi connectivity index (χ0) is 20.4. The minimum Gasteiger partial charge on any atom is -0.439 e. The average Bonchev–Trinajstić information content (AvgIpc) is 2.70. The van der Waals surface area contributed by atoms with Crippen molar-refractivity contribution >= 4 is 29.6 Å². The first-order valence-corrected chi connectivity index (χ1v) is 7.98. The number of urea groups is 1. The molecule has 3 rings (SSSR count). The molecule has 2 heterocycles. The molecule has 2 aromatic rings. The quantitative estimate of drug-likeness (QED) is 0.344. The Bertz CT molecular complexity index is 972. The fourth-order valence-corrected chi connectivity index (χ4v) is 2.44. The summed E-state index contributed by atoms with van der Waals surface area (Å²) in [4.78, 5) is 51.8. The lowest BCUT2D eigenvalue weighted by atomic mass is 10.1. The predicted octanol–water partition coefficient (Wildman–Crippen LogP) is 2.22. The Balaban J connectivity index is 1.78. The lowest BCUT2D eigenvalue weighted by molar-refractivity contribution is -0.385. The van der Waals surface area contributed by atoms with E-state index in [9.17, 15) is 24.5 Å². The highest BCUT2D eigenvalue weighted by atomic mass is 16.6. The third-order valence-electron chi connectivity index (χ3n) is 3.99. The maximum absolute atomic E-state index is 12.2. The summed E-state index contributed by atoms with van der Waals surface area (Å²) in [6.45, 7) is 0. The van der Waals surface area contributed by atoms with Crippen molar-refractivity contribution in [3.8, 4) is 11.6 Å². The molecule has 0 bridgehead atoms. The van der Waals surface area contributed by atoms with Gasteiger partial charge in [0.1, 0.15) is 17.5 Å². The van der Waals surface area contributed by atoms with E-state index in [4.69, 9.17) is 4.74 Å². The minimum absolute atomic E-state index is 0.129. The van der Waals surface area contributed by atoms with Crippen molar-refractivity contribution in [1.82, 2.24) is 14.8 Å². The number of likely N-dealkylation sites (N-methyl/N-ethyl adjacent to an activating group) is 2. The first-order valence-electron chi connectivity index (χ1n) is 7.98. The fourth-order valence-electron chi connectivity index (χ4n) is 2.44. The SMILES string of the molecule is CN1C(=O)C(=Cc2ccc(Oc3ccc([N+](=O)[O-])cn3)cc2)C(=O)N(C)C1=O. The molecule has 10 nitrogen and oxygen atoms in total. The summed E-state index contributed by atoms with van der Waals surface area (Å²) in [7, 11) is 2.60. The number of carbonyl (C=O) groups is 3. The number of amides is 4. The molecular weight excluding hydrogens is 368 g/mol. The number of nitro groups is 1. The van der Waals surface area contributed by atoms with Gasteiger partial charge in [-0.05, 0) is 23.8 Å². The number of rotatable bonds is 4. The van der Waals surface area contributed by atoms with E-state index in [0.29, 0.717) is 11.3 Å². The summed E-state index contributed by atoms with van der Waals surface area (Å²) in [5.74, 6) is -0.766. The van der Waals surface area contributed by atoms with Gasteiger partial charge in [0.05, 0.1) is 4.92 Å². The Hall–Kier alpha value is -4.08. The number of imide groups is 2. The van der Waals surface area contributed by atoms with Gasteiger partial charge in [-0.3, -0.25) is 29.5 Å². The normalized spacial score (nSPS) is 14.4. The molecule has 0 spiro atoms. The van der Waals surface area contributed by atoms with Crippen molar-refractivity contribution in [3.05, 3.63) is 63.8 Å². The molecule has 1 fully saturated rings. The van der Waals surface area contributed by atoms with Crippen molar-refractivity contribution in [1.29, 1.82) is 0 Å². The second-order valence-electron chi connectivity index (χ2n) is 5.85. The molecule has 0 radical (unpaired) electrons. The Labute approximate surface area is 158 Å². The minimum atomic E-state index is -0.688. The highest BCUT2D eigenvalue weighted by Gasteiger charge is 2.37. The molecule has 0 aliphatic carbocycles. The molecule has 0 saturated carbocycles. The number of nitrogens with zero attached hydrogens (tertiary/aromatic N) is 4. The zero-order valence-electron chi connectivity index (χ0n) is 14.9. The van der Waals surface area contributed by atoms with Crippen LogP contribution in [0.5, 0.6) is 11.6 Å². The van der Waals surface area contributed by atoms with E-state index in [0.717, 1.165) is 16.0 Å². The number of aromatic nitrogens is 1. The second-order valence-corrected chi connectivity index (χ2v) is 5.85. The summed E-state index contributed by atoms with van der Waals surface area (Å²) in [5, 5.41) is 10.6. The van der Waals surface area contributed by atoms with E-state index < -0.39 is 22.8 Å². The zero-order valence-corrected chi connectivity index (χ0v) is 14.9. The Kier molecular flexibility index (Phi) is 4.86. The van der Waals surface area contributed by atoms with Crippen LogP contribution in [-0.2, 0) is 9.59 Å². The Morgan fingerprint density at radius 1 is 1.00 bits per heavy atom. The van der Waals surface area contributed by atoms with Crippen molar-refractivity contribution in [2.24, 2.45) is 0 Å². The molecule has 1 aliphatic heterocycles. The molecule has 28 heavy (non-hydrogen) atoms. The van der Waals surface area contributed by atoms with Crippen molar-refractivity contribution in [2.45, 2.75) is 0 Å². The van der Waals surface area contributed by atoms with Crippen molar-refractivity contribution in [3.63, 3.8) is 0 Å². The summed E-state index contributed by atoms with van der Waals surface area (Å²) in [5.41, 5.74) is 0.275. The summed E-state index contributed by atoms with van der Waals surface area (Å²) in [6.07, 6.45) is 2.47. The molecule has 1 aromatic heterocycles. The van der Waals surface area contributed by atoms with Crippen LogP contribution in [0.25, 0.3) is 6.08 Å². The fraction of sp³-hybridized carbons (Fsp3) is 0.111. The smallest absolute Gasteiger partial charge is 0.333 e. The highest BCUT2D eigenvalue weighted by Crippen LogP contribution is 2.23. The third kappa shape index (κ3) is 3.56. The topological polar surface area (TPSA) is 123 Å². The van der Waals surface area contributed by atoms with Crippen molar-refractivity contribution in [2.75, 3.05) is 14.1 Å². The lowest BCUT2D eigenvalue weighted by Crippen LogP contribution is -2.52. The number of carbonyl (C=O) groups excluding carboxylic acids is 3. The van der Waals surface area contributed by atoms with Crippen LogP contribution in [0.1, 0.15) is 5.56 Å². The van der Waals surface area contributed by atoms with Gasteiger partial charge in [-0.15, -0.1) is 0 Å². The third-order valence-corrected chi connectivity index (χ3v) is 3.99. The average molecular weight is 382 g/mol. The molecule has 0 unspecified atom stereocenters. The maximum Gasteiger partial charge on any atom is 0.333 e. The van der Waals surface area contributed by atoms with Gasteiger partial charge in [-0.1, -0.05) is 12.1 Å². The van der Waals surface area contributed by atoms with Gasteiger partial charge in [-0.25, -0.2) is 9.78 Å². The molecule has 1 aliphatic rings. The van der Waals surface area contributed by atoms with E-state index >= 15 is 0 Å². The van der Waals surface area contributed by atoms with Gasteiger partial charge in [0.15, 0.2) is 0 Å². The predicted molar refractivity (Wildman–Crippen MR) is 96.3 cm³/mol. The molecule has 142 valence electrons. The van der Waals surface area contributed by atoms with E-state index in [2.05, 4.69) is 4.98 Å². The first kappa shape index (κ1) is 18.7. The number of barbiturate groups is 1. The number of benzene rings is 1. The van der Waals surface area contributed by atoms with Crippen molar-refractivity contribution < 1.29 is 24.0 Å². The van der Waals surface area contributed by atoms with Crippen LogP contribution in [0.3, 0.4) is 0 Å². The molecule has 10 heteroatoms. The summed E-state index contributed by atoms with van der Waals surface area (Å²) in [6, 6.07) is 8.37. The van der Waals surface area contributed by atoms with E-state index in [-0.39, 0.29) is 17.1 Å². The maximum atomic E-state index is 12.2. The first-order chi connectivity index (χ1) is 13.3. The molecule has 1 aromatic carbocycles. The number of hydrogen-bond acceptors (Lipinski definition) is 7. The Morgan fingerprint density at radius 2 is 1.61 bits per heavy atom. The highest BCUT2D eigenvalue weighted by molar-refractivity contribution is 6.30. The largest absolute Gasteiger partial charge is 0.439 e. The van der Waals surface area contributed by atoms with Gasteiger partial charge in [0.2, 0.25) is 5.88 Å². The number of hydrogen-bond donors (Lipinski definition) is 0. The van der Waals surface area contributed by atoms with Crippen LogP contribution in [-0.4, -0.2) is 51.6 Å². The summed E-state index contributed by atoms with van der Waals surface area (Å²) < 4.78 is 5.50. The molecular formula is C18H14N4O6. The van der Waals surface area contributed by atoms with Crippen LogP contribution in [0.4, 0.5) is 10.5 Å². The summed E-state index contributed by atoms with van der Waals surface area (Å²) >= 11 is 0. The van der Waals surface area contributed by atoms with E-state index in [1.54, 1.807) is 24.3 Å². The number of ether oxygens (including phenoxy) is 1. The second kappa shape index (κ2) is 7.27. The van der Waals surface area contributed by atoms with Crippen LogP contribution < -0.4 is 4.74 Å².